The number of aromatic nitrogens is 1. The average Bonchev–Trinajstić information content (AvgIpc) is 3.38. The van der Waals surface area contributed by atoms with Crippen LogP contribution in [-0.4, -0.2) is 30.9 Å². The summed E-state index contributed by atoms with van der Waals surface area (Å²) in [7, 11) is -4.12. The van der Waals surface area contributed by atoms with Crippen LogP contribution in [0.3, 0.4) is 0 Å². The van der Waals surface area contributed by atoms with E-state index in [1.807, 2.05) is 13.0 Å². The monoisotopic (exact) mass is 447 g/mol. The molecule has 0 aliphatic carbocycles. The van der Waals surface area contributed by atoms with Crippen molar-refractivity contribution in [1.82, 2.24) is 10.1 Å². The Bertz CT molecular complexity index is 1230. The standard InChI is InChI=1S/C21H19F2N3O4S/c1-13-11-20(30-24-13)19-3-2-10-26(19)21(27)14-4-6-15(7-5-14)25-31(28,29)16-8-9-17(22)18(23)12-16/h4-9,11-12,19,25H,2-3,10H2,1H3. The predicted molar refractivity (Wildman–Crippen MR) is 108 cm³/mol. The van der Waals surface area contributed by atoms with E-state index < -0.39 is 26.6 Å². The number of amides is 1. The van der Waals surface area contributed by atoms with Gasteiger partial charge in [0.1, 0.15) is 0 Å². The van der Waals surface area contributed by atoms with Crippen molar-refractivity contribution < 1.29 is 26.5 Å². The molecule has 0 saturated carbocycles. The summed E-state index contributed by atoms with van der Waals surface area (Å²) in [5.74, 6) is -1.96. The Morgan fingerprint density at radius 3 is 2.52 bits per heavy atom. The largest absolute Gasteiger partial charge is 0.359 e. The van der Waals surface area contributed by atoms with Gasteiger partial charge >= 0.3 is 0 Å². The van der Waals surface area contributed by atoms with Crippen LogP contribution in [0.25, 0.3) is 0 Å². The zero-order valence-electron chi connectivity index (χ0n) is 16.5. The first-order valence-corrected chi connectivity index (χ1v) is 11.0. The third-order valence-corrected chi connectivity index (χ3v) is 6.45. The van der Waals surface area contributed by atoms with E-state index in [0.717, 1.165) is 30.7 Å². The number of likely N-dealkylation sites (tertiary alicyclic amines) is 1. The summed E-state index contributed by atoms with van der Waals surface area (Å²) in [5.41, 5.74) is 1.32. The van der Waals surface area contributed by atoms with Crippen LogP contribution >= 0.6 is 0 Å². The van der Waals surface area contributed by atoms with Gasteiger partial charge in [-0.2, -0.15) is 0 Å². The highest BCUT2D eigenvalue weighted by Gasteiger charge is 2.33. The van der Waals surface area contributed by atoms with Crippen LogP contribution in [-0.2, 0) is 10.0 Å². The van der Waals surface area contributed by atoms with Gasteiger partial charge in [-0.25, -0.2) is 17.2 Å². The third-order valence-electron chi connectivity index (χ3n) is 5.07. The number of hydrogen-bond acceptors (Lipinski definition) is 5. The maximum atomic E-state index is 13.4. The summed E-state index contributed by atoms with van der Waals surface area (Å²) in [6.45, 7) is 2.39. The van der Waals surface area contributed by atoms with Gasteiger partial charge in [-0.1, -0.05) is 5.16 Å². The van der Waals surface area contributed by atoms with E-state index in [4.69, 9.17) is 4.52 Å². The van der Waals surface area contributed by atoms with Gasteiger partial charge in [0.05, 0.1) is 16.6 Å². The van der Waals surface area contributed by atoms with Crippen molar-refractivity contribution in [2.75, 3.05) is 11.3 Å². The number of halogens is 2. The van der Waals surface area contributed by atoms with E-state index in [2.05, 4.69) is 9.88 Å². The molecule has 1 unspecified atom stereocenters. The van der Waals surface area contributed by atoms with Gasteiger partial charge in [0, 0.05) is 23.9 Å². The topological polar surface area (TPSA) is 92.5 Å². The molecule has 1 fully saturated rings. The van der Waals surface area contributed by atoms with E-state index in [0.29, 0.717) is 23.9 Å². The Morgan fingerprint density at radius 1 is 1.13 bits per heavy atom. The number of carbonyl (C=O) groups excluding carboxylic acids is 1. The van der Waals surface area contributed by atoms with Gasteiger partial charge in [0.25, 0.3) is 15.9 Å². The number of rotatable bonds is 5. The van der Waals surface area contributed by atoms with Crippen LogP contribution < -0.4 is 4.72 Å². The zero-order valence-corrected chi connectivity index (χ0v) is 17.3. The summed E-state index contributed by atoms with van der Waals surface area (Å²) in [6, 6.07) is 9.83. The Morgan fingerprint density at radius 2 is 1.87 bits per heavy atom. The molecule has 1 N–H and O–H groups in total. The molecule has 10 heteroatoms. The van der Waals surface area contributed by atoms with Crippen molar-refractivity contribution >= 4 is 21.6 Å². The molecule has 0 radical (unpaired) electrons. The van der Waals surface area contributed by atoms with Crippen LogP contribution in [0.5, 0.6) is 0 Å². The molecule has 162 valence electrons. The van der Waals surface area contributed by atoms with E-state index >= 15 is 0 Å². The highest BCUT2D eigenvalue weighted by Crippen LogP contribution is 2.33. The first kappa shape index (κ1) is 21.0. The second-order valence-corrected chi connectivity index (χ2v) is 8.97. The minimum Gasteiger partial charge on any atom is -0.359 e. The lowest BCUT2D eigenvalue weighted by atomic mass is 10.1. The summed E-state index contributed by atoms with van der Waals surface area (Å²) < 4.78 is 58.9. The molecule has 0 spiro atoms. The summed E-state index contributed by atoms with van der Waals surface area (Å²) >= 11 is 0. The number of nitrogens with zero attached hydrogens (tertiary/aromatic N) is 2. The van der Waals surface area contributed by atoms with Crippen LogP contribution in [0.2, 0.25) is 0 Å². The fraction of sp³-hybridized carbons (Fsp3) is 0.238. The van der Waals surface area contributed by atoms with Crippen LogP contribution in [0, 0.1) is 18.6 Å². The molecule has 2 aromatic carbocycles. The molecular formula is C21H19F2N3O4S. The number of sulfonamides is 1. The zero-order chi connectivity index (χ0) is 22.2. The Balaban J connectivity index is 1.50. The molecule has 0 bridgehead atoms. The molecule has 2 heterocycles. The third kappa shape index (κ3) is 4.29. The van der Waals surface area contributed by atoms with Crippen molar-refractivity contribution in [3.8, 4) is 0 Å². The van der Waals surface area contributed by atoms with Crippen molar-refractivity contribution in [2.24, 2.45) is 0 Å². The second-order valence-electron chi connectivity index (χ2n) is 7.29. The molecule has 31 heavy (non-hydrogen) atoms. The number of carbonyl (C=O) groups is 1. The van der Waals surface area contributed by atoms with Crippen molar-refractivity contribution in [1.29, 1.82) is 0 Å². The Labute approximate surface area is 177 Å². The first-order valence-electron chi connectivity index (χ1n) is 9.57. The lowest BCUT2D eigenvalue weighted by Gasteiger charge is -2.22. The van der Waals surface area contributed by atoms with Crippen molar-refractivity contribution in [3.63, 3.8) is 0 Å². The molecule has 1 aliphatic rings. The normalized spacial score (nSPS) is 16.5. The highest BCUT2D eigenvalue weighted by atomic mass is 32.2. The SMILES string of the molecule is Cc1cc(C2CCCN2C(=O)c2ccc(NS(=O)(=O)c3ccc(F)c(F)c3)cc2)on1. The molecule has 4 rings (SSSR count). The predicted octanol–water partition coefficient (Wildman–Crippen LogP) is 4.04. The maximum Gasteiger partial charge on any atom is 0.261 e. The van der Waals surface area contributed by atoms with Crippen molar-refractivity contribution in [2.45, 2.75) is 30.7 Å². The molecule has 1 saturated heterocycles. The van der Waals surface area contributed by atoms with Gasteiger partial charge in [-0.05, 0) is 62.2 Å². The van der Waals surface area contributed by atoms with E-state index in [9.17, 15) is 22.0 Å². The number of benzene rings is 2. The van der Waals surface area contributed by atoms with E-state index in [1.165, 1.54) is 24.3 Å². The molecule has 1 aromatic heterocycles. The van der Waals surface area contributed by atoms with Gasteiger partial charge in [-0.15, -0.1) is 0 Å². The summed E-state index contributed by atoms with van der Waals surface area (Å²) in [5, 5.41) is 3.89. The Hall–Kier alpha value is -3.27. The molecule has 7 nitrogen and oxygen atoms in total. The lowest BCUT2D eigenvalue weighted by Crippen LogP contribution is -2.30. The second kappa shape index (κ2) is 8.10. The molecular weight excluding hydrogens is 428 g/mol. The van der Waals surface area contributed by atoms with Crippen molar-refractivity contribution in [3.05, 3.63) is 77.2 Å². The fourth-order valence-electron chi connectivity index (χ4n) is 3.55. The maximum absolute atomic E-state index is 13.4. The van der Waals surface area contributed by atoms with E-state index in [1.54, 1.807) is 4.90 Å². The molecule has 1 aliphatic heterocycles. The average molecular weight is 447 g/mol. The molecule has 1 amide bonds. The fourth-order valence-corrected chi connectivity index (χ4v) is 4.62. The number of hydrogen-bond donors (Lipinski definition) is 1. The first-order chi connectivity index (χ1) is 14.7. The van der Waals surface area contributed by atoms with Gasteiger partial charge in [0.15, 0.2) is 17.4 Å². The molecule has 1 atom stereocenters. The number of anilines is 1. The van der Waals surface area contributed by atoms with Crippen LogP contribution in [0.4, 0.5) is 14.5 Å². The Kier molecular flexibility index (Phi) is 5.48. The minimum atomic E-state index is -4.12. The van der Waals surface area contributed by atoms with Crippen LogP contribution in [0.1, 0.15) is 40.7 Å². The highest BCUT2D eigenvalue weighted by molar-refractivity contribution is 7.92. The van der Waals surface area contributed by atoms with Gasteiger partial charge in [0.2, 0.25) is 0 Å². The summed E-state index contributed by atoms with van der Waals surface area (Å²) in [4.78, 5) is 14.3. The van der Waals surface area contributed by atoms with Gasteiger partial charge < -0.3 is 9.42 Å². The summed E-state index contributed by atoms with van der Waals surface area (Å²) in [6.07, 6.45) is 1.61. The van der Waals surface area contributed by atoms with Crippen LogP contribution in [0.15, 0.2) is 57.9 Å². The number of aryl methyl sites for hydroxylation is 1. The quantitative estimate of drug-likeness (QED) is 0.637. The smallest absolute Gasteiger partial charge is 0.261 e. The van der Waals surface area contributed by atoms with Gasteiger partial charge in [-0.3, -0.25) is 9.52 Å². The molecule has 3 aromatic rings. The lowest BCUT2D eigenvalue weighted by molar-refractivity contribution is 0.0714. The van der Waals surface area contributed by atoms with E-state index in [-0.39, 0.29) is 17.6 Å². The number of nitrogens with one attached hydrogen (secondary N) is 1. The minimum absolute atomic E-state index is 0.185.